The van der Waals surface area contributed by atoms with E-state index < -0.39 is 5.60 Å². The van der Waals surface area contributed by atoms with E-state index in [4.69, 9.17) is 0 Å². The third-order valence-corrected chi connectivity index (χ3v) is 10.3. The fourth-order valence-corrected chi connectivity index (χ4v) is 7.08. The lowest BCUT2D eigenvalue weighted by Crippen LogP contribution is -2.14. The van der Waals surface area contributed by atoms with E-state index in [0.717, 1.165) is 37.2 Å². The number of nitrogens with zero attached hydrogens (tertiary/aromatic N) is 2. The molecule has 0 unspecified atom stereocenters. The van der Waals surface area contributed by atoms with E-state index in [1.54, 1.807) is 19.9 Å². The highest BCUT2D eigenvalue weighted by atomic mass is 32.1. The van der Waals surface area contributed by atoms with E-state index in [9.17, 15) is 19.5 Å². The van der Waals surface area contributed by atoms with Crippen LogP contribution in [0.3, 0.4) is 0 Å². The first-order valence-corrected chi connectivity index (χ1v) is 18.0. The molecule has 0 atom stereocenters. The molecule has 6 aromatic rings. The van der Waals surface area contributed by atoms with Crippen LogP contribution in [0.15, 0.2) is 84.9 Å². The minimum absolute atomic E-state index is 0.0522. The first-order chi connectivity index (χ1) is 24.2. The number of benzene rings is 4. The summed E-state index contributed by atoms with van der Waals surface area (Å²) in [6.45, 7) is 12.7. The number of carbonyl (C=O) groups is 3. The van der Waals surface area contributed by atoms with E-state index in [1.807, 2.05) is 119 Å². The molecule has 2 aromatic heterocycles. The van der Waals surface area contributed by atoms with Crippen molar-refractivity contribution in [1.82, 2.24) is 9.97 Å². The van der Waals surface area contributed by atoms with Gasteiger partial charge in [0.2, 0.25) is 0 Å². The van der Waals surface area contributed by atoms with Crippen molar-refractivity contribution in [2.45, 2.75) is 54.1 Å². The molecule has 6 rings (SSSR count). The summed E-state index contributed by atoms with van der Waals surface area (Å²) in [5.41, 5.74) is 7.13. The molecule has 0 spiro atoms. The molecule has 0 aliphatic carbocycles. The number of aryl methyl sites for hydroxylation is 2. The number of ketones is 1. The number of rotatable bonds is 8. The third kappa shape index (κ3) is 9.09. The number of aliphatic hydroxyl groups is 1. The molecule has 51 heavy (non-hydrogen) atoms. The Labute approximate surface area is 305 Å². The average molecular weight is 717 g/mol. The number of nitrogens with one attached hydrogen (secondary N) is 2. The zero-order chi connectivity index (χ0) is 36.9. The van der Waals surface area contributed by atoms with E-state index in [2.05, 4.69) is 20.6 Å². The Morgan fingerprint density at radius 1 is 0.686 bits per heavy atom. The predicted molar refractivity (Wildman–Crippen MR) is 212 cm³/mol. The maximum absolute atomic E-state index is 12.6. The Morgan fingerprint density at radius 2 is 1.16 bits per heavy atom. The van der Waals surface area contributed by atoms with E-state index >= 15 is 0 Å². The summed E-state index contributed by atoms with van der Waals surface area (Å²) in [7, 11) is 0. The number of carbonyl (C=O) groups excluding carboxylic acids is 3. The molecule has 0 aliphatic heterocycles. The molecule has 10 heteroatoms. The van der Waals surface area contributed by atoms with Gasteiger partial charge >= 0.3 is 0 Å². The largest absolute Gasteiger partial charge is 0.383 e. The molecular weight excluding hydrogens is 677 g/mol. The Kier molecular flexibility index (Phi) is 11.4. The number of hydrogen-bond donors (Lipinski definition) is 3. The van der Waals surface area contributed by atoms with E-state index in [1.165, 1.54) is 29.6 Å². The van der Waals surface area contributed by atoms with Gasteiger partial charge in [0.1, 0.15) is 10.6 Å². The molecule has 0 saturated heterocycles. The maximum Gasteiger partial charge on any atom is 0.255 e. The van der Waals surface area contributed by atoms with Gasteiger partial charge in [-0.05, 0) is 112 Å². The summed E-state index contributed by atoms with van der Waals surface area (Å²) >= 11 is 2.81. The molecule has 0 saturated carbocycles. The van der Waals surface area contributed by atoms with Gasteiger partial charge in [0.05, 0.1) is 20.4 Å². The van der Waals surface area contributed by atoms with E-state index in [-0.39, 0.29) is 17.6 Å². The number of allylic oxidation sites excluding steroid dienone is 2. The molecule has 2 heterocycles. The highest BCUT2D eigenvalue weighted by Gasteiger charge is 2.21. The van der Waals surface area contributed by atoms with Crippen molar-refractivity contribution < 1.29 is 19.5 Å². The Bertz CT molecular complexity index is 2330. The quantitative estimate of drug-likeness (QED) is 0.135. The van der Waals surface area contributed by atoms with Gasteiger partial charge in [-0.25, -0.2) is 9.97 Å². The molecule has 260 valence electrons. The predicted octanol–water partition coefficient (Wildman–Crippen LogP) is 10.2. The van der Waals surface area contributed by atoms with Crippen LogP contribution in [0.1, 0.15) is 92.4 Å². The number of Topliss-reactive ketones (excluding diaryl/α,β-unsaturated/α-hetero) is 1. The van der Waals surface area contributed by atoms with Crippen LogP contribution in [0.4, 0.5) is 11.4 Å². The standard InChI is InChI=1S/C21H22N2O2S.C20H18N2O2S/c1-5-6-14-7-9-16(13(2)11-14)19(24)22-15-8-10-18-17(12-15)23-20(26-18)21(3,4)25;1-4-5-14-6-8-16(12(2)10-14)19(24)21-15-7-9-18-17(11-15)22-20(25-18)13(3)23/h5-12,25H,1-4H3,(H,22,24);4-11H,1-3H3,(H,21,24)/b6-5+;5-4+. The average Bonchev–Trinajstić information content (AvgIpc) is 3.70. The lowest BCUT2D eigenvalue weighted by molar-refractivity contribution is 0.0784. The first-order valence-electron chi connectivity index (χ1n) is 16.4. The molecule has 8 nitrogen and oxygen atoms in total. The van der Waals surface area contributed by atoms with Crippen LogP contribution in [0.2, 0.25) is 0 Å². The van der Waals surface area contributed by atoms with Crippen molar-refractivity contribution in [1.29, 1.82) is 0 Å². The number of aromatic nitrogens is 2. The van der Waals surface area contributed by atoms with Gasteiger partial charge in [-0.2, -0.15) is 0 Å². The number of thiazole rings is 2. The first kappa shape index (κ1) is 37.0. The molecule has 0 bridgehead atoms. The maximum atomic E-state index is 12.6. The molecule has 0 aliphatic rings. The zero-order valence-electron chi connectivity index (χ0n) is 29.6. The highest BCUT2D eigenvalue weighted by molar-refractivity contribution is 7.20. The number of amides is 2. The Morgan fingerprint density at radius 3 is 1.59 bits per heavy atom. The van der Waals surface area contributed by atoms with Crippen LogP contribution in [0, 0.1) is 13.8 Å². The van der Waals surface area contributed by atoms with Crippen LogP contribution < -0.4 is 10.6 Å². The second kappa shape index (κ2) is 15.7. The summed E-state index contributed by atoms with van der Waals surface area (Å²) in [5.74, 6) is -0.360. The summed E-state index contributed by atoms with van der Waals surface area (Å²) in [6.07, 6.45) is 7.94. The lowest BCUT2D eigenvalue weighted by atomic mass is 10.0. The van der Waals surface area contributed by atoms with Crippen LogP contribution in [-0.4, -0.2) is 32.7 Å². The smallest absolute Gasteiger partial charge is 0.255 e. The van der Waals surface area contributed by atoms with Gasteiger partial charge in [0, 0.05) is 29.4 Å². The van der Waals surface area contributed by atoms with Crippen LogP contribution in [0.25, 0.3) is 32.6 Å². The minimum Gasteiger partial charge on any atom is -0.383 e. The molecule has 0 fully saturated rings. The minimum atomic E-state index is -0.973. The summed E-state index contributed by atoms with van der Waals surface area (Å²) < 4.78 is 1.90. The topological polar surface area (TPSA) is 121 Å². The van der Waals surface area contributed by atoms with Crippen molar-refractivity contribution in [3.8, 4) is 0 Å². The van der Waals surface area contributed by atoms with Gasteiger partial charge in [-0.15, -0.1) is 22.7 Å². The van der Waals surface area contributed by atoms with Crippen LogP contribution >= 0.6 is 22.7 Å². The van der Waals surface area contributed by atoms with Gasteiger partial charge in [0.25, 0.3) is 11.8 Å². The normalized spacial score (nSPS) is 11.6. The van der Waals surface area contributed by atoms with E-state index in [0.29, 0.717) is 38.0 Å². The van der Waals surface area contributed by atoms with Crippen LogP contribution in [-0.2, 0) is 5.60 Å². The van der Waals surface area contributed by atoms with Crippen LogP contribution in [0.5, 0.6) is 0 Å². The third-order valence-electron chi connectivity index (χ3n) is 7.82. The summed E-state index contributed by atoms with van der Waals surface area (Å²) in [6, 6.07) is 22.6. The van der Waals surface area contributed by atoms with Crippen molar-refractivity contribution >= 4 is 84.2 Å². The van der Waals surface area contributed by atoms with Crippen molar-refractivity contribution in [2.24, 2.45) is 0 Å². The lowest BCUT2D eigenvalue weighted by Gasteiger charge is -2.11. The second-order valence-corrected chi connectivity index (χ2v) is 14.6. The zero-order valence-corrected chi connectivity index (χ0v) is 31.3. The van der Waals surface area contributed by atoms with Gasteiger partial charge in [-0.1, -0.05) is 48.6 Å². The number of hydrogen-bond acceptors (Lipinski definition) is 8. The Hall–Kier alpha value is -5.29. The highest BCUT2D eigenvalue weighted by Crippen LogP contribution is 2.31. The van der Waals surface area contributed by atoms with Crippen molar-refractivity contribution in [2.75, 3.05) is 10.6 Å². The summed E-state index contributed by atoms with van der Waals surface area (Å²) in [5, 5.41) is 17.1. The molecule has 4 aromatic carbocycles. The van der Waals surface area contributed by atoms with Gasteiger partial charge < -0.3 is 15.7 Å². The fraction of sp³-hybridized carbons (Fsp3) is 0.195. The second-order valence-electron chi connectivity index (χ2n) is 12.6. The molecular formula is C41H40N4O4S2. The fourth-order valence-electron chi connectivity index (χ4n) is 5.30. The molecule has 2 amide bonds. The Balaban J connectivity index is 0.000000198. The van der Waals surface area contributed by atoms with Gasteiger partial charge in [-0.3, -0.25) is 14.4 Å². The van der Waals surface area contributed by atoms with Crippen molar-refractivity contribution in [3.63, 3.8) is 0 Å². The number of fused-ring (bicyclic) bond motifs is 2. The summed E-state index contributed by atoms with van der Waals surface area (Å²) in [4.78, 5) is 45.4. The van der Waals surface area contributed by atoms with Crippen molar-refractivity contribution in [3.05, 3.63) is 128 Å². The van der Waals surface area contributed by atoms with Gasteiger partial charge in [0.15, 0.2) is 10.8 Å². The number of anilines is 2. The SMILES string of the molecule is C/C=C/c1ccc(C(=O)Nc2ccc3sc(C(C)(C)O)nc3c2)c(C)c1.C/C=C/c1ccc(C(=O)Nc2ccc3sc(C(C)=O)nc3c2)c(C)c1. The molecule has 3 N–H and O–H groups in total. The molecule has 0 radical (unpaired) electrons. The monoisotopic (exact) mass is 716 g/mol.